The zero-order valence-corrected chi connectivity index (χ0v) is 20.1. The van der Waals surface area contributed by atoms with Crippen LogP contribution in [0.1, 0.15) is 56.8 Å². The number of alkyl halides is 3. The van der Waals surface area contributed by atoms with Gasteiger partial charge in [0.05, 0.1) is 18.8 Å². The first-order chi connectivity index (χ1) is 15.8. The van der Waals surface area contributed by atoms with Gasteiger partial charge in [0.15, 0.2) is 6.29 Å². The number of hydrogen-bond acceptors (Lipinski definition) is 6. The molecule has 1 amide bonds. The van der Waals surface area contributed by atoms with Crippen LogP contribution in [0, 0.1) is 0 Å². The molecule has 2 saturated heterocycles. The van der Waals surface area contributed by atoms with E-state index in [0.29, 0.717) is 6.61 Å². The molecule has 1 aromatic rings. The number of likely N-dealkylation sites (N-methyl/N-ethyl adjacent to an activating group) is 1. The minimum Gasteiger partial charge on any atom is -0.456 e. The van der Waals surface area contributed by atoms with Gasteiger partial charge in [0.25, 0.3) is 0 Å². The van der Waals surface area contributed by atoms with Crippen LogP contribution in [0.4, 0.5) is 18.9 Å². The van der Waals surface area contributed by atoms with E-state index in [-0.39, 0.29) is 36.7 Å². The fraction of sp³-hybridized carbons (Fsp3) is 0.667. The second-order valence-electron chi connectivity index (χ2n) is 9.81. The summed E-state index contributed by atoms with van der Waals surface area (Å²) in [6.45, 7) is 6.74. The van der Waals surface area contributed by atoms with E-state index in [2.05, 4.69) is 4.90 Å². The summed E-state index contributed by atoms with van der Waals surface area (Å²) < 4.78 is 57.3. The predicted octanol–water partition coefficient (Wildman–Crippen LogP) is 4.15. The van der Waals surface area contributed by atoms with E-state index in [1.807, 2.05) is 7.05 Å². The molecule has 0 radical (unpaired) electrons. The van der Waals surface area contributed by atoms with E-state index in [0.717, 1.165) is 24.3 Å². The van der Waals surface area contributed by atoms with Gasteiger partial charge in [-0.15, -0.1) is 0 Å². The third-order valence-electron chi connectivity index (χ3n) is 5.97. The summed E-state index contributed by atoms with van der Waals surface area (Å²) in [4.78, 5) is 27.6. The molecule has 2 unspecified atom stereocenters. The molecular formula is C24H33F3N2O5. The first-order valence-electron chi connectivity index (χ1n) is 11.5. The normalized spacial score (nSPS) is 24.1. The molecule has 0 spiro atoms. The first kappa shape index (κ1) is 26.4. The number of rotatable bonds is 6. The summed E-state index contributed by atoms with van der Waals surface area (Å²) in [5.74, 6) is -2.55. The van der Waals surface area contributed by atoms with Crippen molar-refractivity contribution in [1.82, 2.24) is 4.90 Å². The highest BCUT2D eigenvalue weighted by Crippen LogP contribution is 2.31. The Morgan fingerprint density at radius 3 is 2.38 bits per heavy atom. The number of halogens is 3. The number of nitrogens with zero attached hydrogens (tertiary/aromatic N) is 2. The number of carbonyl (C=O) groups is 2. The van der Waals surface area contributed by atoms with Crippen molar-refractivity contribution >= 4 is 17.6 Å². The molecule has 0 bridgehead atoms. The number of esters is 1. The SMILES string of the molecule is CN1CCC[C@H]1COC1CC(N(C(=O)C(F)(F)F)c2ccc(C(=O)OC(C)(C)C)cc2)CCO1. The van der Waals surface area contributed by atoms with E-state index in [1.54, 1.807) is 20.8 Å². The van der Waals surface area contributed by atoms with E-state index >= 15 is 0 Å². The fourth-order valence-electron chi connectivity index (χ4n) is 4.23. The molecule has 2 aliphatic rings. The summed E-state index contributed by atoms with van der Waals surface area (Å²) >= 11 is 0. The number of ether oxygens (including phenoxy) is 3. The second-order valence-corrected chi connectivity index (χ2v) is 9.81. The van der Waals surface area contributed by atoms with E-state index < -0.39 is 36.0 Å². The number of amides is 1. The van der Waals surface area contributed by atoms with Gasteiger partial charge in [-0.1, -0.05) is 0 Å². The lowest BCUT2D eigenvalue weighted by Crippen LogP contribution is -2.51. The van der Waals surface area contributed by atoms with Gasteiger partial charge in [0.1, 0.15) is 5.60 Å². The lowest BCUT2D eigenvalue weighted by Gasteiger charge is -2.38. The first-order valence-corrected chi connectivity index (χ1v) is 11.5. The maximum absolute atomic E-state index is 13.5. The van der Waals surface area contributed by atoms with Gasteiger partial charge in [-0.25, -0.2) is 4.79 Å². The minimum atomic E-state index is -5.05. The summed E-state index contributed by atoms with van der Waals surface area (Å²) in [6.07, 6.45) is -3.32. The largest absolute Gasteiger partial charge is 0.471 e. The predicted molar refractivity (Wildman–Crippen MR) is 120 cm³/mol. The van der Waals surface area contributed by atoms with Crippen LogP contribution in [0.2, 0.25) is 0 Å². The minimum absolute atomic E-state index is 0.0517. The molecule has 1 aromatic carbocycles. The number of benzene rings is 1. The van der Waals surface area contributed by atoms with Crippen molar-refractivity contribution in [2.75, 3.05) is 31.7 Å². The van der Waals surface area contributed by atoms with Crippen molar-refractivity contribution in [3.63, 3.8) is 0 Å². The Morgan fingerprint density at radius 1 is 1.15 bits per heavy atom. The van der Waals surface area contributed by atoms with Gasteiger partial charge in [0, 0.05) is 24.2 Å². The van der Waals surface area contributed by atoms with Crippen molar-refractivity contribution in [3.8, 4) is 0 Å². The number of hydrogen-bond donors (Lipinski definition) is 0. The maximum atomic E-state index is 13.5. The molecule has 0 saturated carbocycles. The van der Waals surface area contributed by atoms with Crippen molar-refractivity contribution in [3.05, 3.63) is 29.8 Å². The molecule has 3 rings (SSSR count). The zero-order chi connectivity index (χ0) is 25.1. The van der Waals surface area contributed by atoms with Gasteiger partial charge in [-0.05, 0) is 77.9 Å². The van der Waals surface area contributed by atoms with Crippen LogP contribution in [0.25, 0.3) is 0 Å². The third-order valence-corrected chi connectivity index (χ3v) is 5.97. The average Bonchev–Trinajstić information content (AvgIpc) is 3.16. The molecule has 10 heteroatoms. The van der Waals surface area contributed by atoms with Crippen LogP contribution >= 0.6 is 0 Å². The molecule has 2 aliphatic heterocycles. The summed E-state index contributed by atoms with van der Waals surface area (Å²) in [6, 6.07) is 4.88. The molecule has 0 aliphatic carbocycles. The monoisotopic (exact) mass is 486 g/mol. The molecule has 34 heavy (non-hydrogen) atoms. The maximum Gasteiger partial charge on any atom is 0.471 e. The fourth-order valence-corrected chi connectivity index (χ4v) is 4.23. The summed E-state index contributed by atoms with van der Waals surface area (Å²) in [5.41, 5.74) is -0.471. The lowest BCUT2D eigenvalue weighted by atomic mass is 10.0. The molecule has 3 atom stereocenters. The topological polar surface area (TPSA) is 68.3 Å². The van der Waals surface area contributed by atoms with E-state index in [1.165, 1.54) is 24.3 Å². The van der Waals surface area contributed by atoms with Crippen LogP contribution < -0.4 is 4.90 Å². The Hall–Kier alpha value is -2.17. The Balaban J connectivity index is 1.75. The van der Waals surface area contributed by atoms with Crippen LogP contribution in [0.5, 0.6) is 0 Å². The third kappa shape index (κ3) is 6.93. The van der Waals surface area contributed by atoms with Gasteiger partial charge in [-0.2, -0.15) is 13.2 Å². The van der Waals surface area contributed by atoms with Crippen molar-refractivity contribution in [2.24, 2.45) is 0 Å². The highest BCUT2D eigenvalue weighted by atomic mass is 19.4. The van der Waals surface area contributed by atoms with Crippen LogP contribution in [0.3, 0.4) is 0 Å². The van der Waals surface area contributed by atoms with Crippen LogP contribution in [-0.4, -0.2) is 73.7 Å². The molecular weight excluding hydrogens is 453 g/mol. The van der Waals surface area contributed by atoms with Crippen molar-refractivity contribution in [2.45, 2.75) is 76.6 Å². The highest BCUT2D eigenvalue weighted by molar-refractivity contribution is 5.98. The van der Waals surface area contributed by atoms with Gasteiger partial charge < -0.3 is 24.0 Å². The van der Waals surface area contributed by atoms with Gasteiger partial charge in [-0.3, -0.25) is 4.79 Å². The Bertz CT molecular complexity index is 854. The highest BCUT2D eigenvalue weighted by Gasteiger charge is 2.46. The average molecular weight is 487 g/mol. The standard InChI is InChI=1S/C24H33F3N2O5/c1-23(2,3)34-21(30)16-7-9-17(10-8-16)29(22(31)24(25,26)27)18-11-13-32-20(14-18)33-15-19-6-5-12-28(19)4/h7-10,18-20H,5-6,11-15H2,1-4H3/t18?,19-,20?/m0/s1. The Labute approximate surface area is 198 Å². The zero-order valence-electron chi connectivity index (χ0n) is 20.1. The van der Waals surface area contributed by atoms with Gasteiger partial charge in [0.2, 0.25) is 0 Å². The van der Waals surface area contributed by atoms with Crippen LogP contribution in [-0.2, 0) is 19.0 Å². The number of anilines is 1. The van der Waals surface area contributed by atoms with E-state index in [4.69, 9.17) is 14.2 Å². The smallest absolute Gasteiger partial charge is 0.456 e. The lowest BCUT2D eigenvalue weighted by molar-refractivity contribution is -0.180. The molecule has 0 aromatic heterocycles. The van der Waals surface area contributed by atoms with Crippen LogP contribution in [0.15, 0.2) is 24.3 Å². The Kier molecular flexibility index (Phi) is 8.26. The Morgan fingerprint density at radius 2 is 1.82 bits per heavy atom. The van der Waals surface area contributed by atoms with Crippen molar-refractivity contribution in [1.29, 1.82) is 0 Å². The van der Waals surface area contributed by atoms with Gasteiger partial charge >= 0.3 is 18.1 Å². The number of carbonyl (C=O) groups excluding carboxylic acids is 2. The second kappa shape index (κ2) is 10.6. The summed E-state index contributed by atoms with van der Waals surface area (Å²) in [5, 5.41) is 0. The molecule has 2 fully saturated rings. The number of likely N-dealkylation sites (tertiary alicyclic amines) is 1. The van der Waals surface area contributed by atoms with E-state index in [9.17, 15) is 22.8 Å². The summed E-state index contributed by atoms with van der Waals surface area (Å²) in [7, 11) is 2.01. The molecule has 7 nitrogen and oxygen atoms in total. The quantitative estimate of drug-likeness (QED) is 0.563. The van der Waals surface area contributed by atoms with Crippen molar-refractivity contribution < 1.29 is 37.0 Å². The molecule has 190 valence electrons. The molecule has 2 heterocycles. The molecule has 0 N–H and O–H groups in total.